The molecule has 4 rings (SSSR count). The number of hydrogen-bond acceptors (Lipinski definition) is 4. The Bertz CT molecular complexity index is 1340. The molecule has 1 aromatic heterocycles. The summed E-state index contributed by atoms with van der Waals surface area (Å²) >= 11 is 0.892. The van der Waals surface area contributed by atoms with Gasteiger partial charge in [-0.1, -0.05) is 78.1 Å². The van der Waals surface area contributed by atoms with E-state index < -0.39 is 0 Å². The first-order valence-electron chi connectivity index (χ1n) is 10.3. The highest BCUT2D eigenvalue weighted by molar-refractivity contribution is 7.11. The number of nitrogens with zero attached hydrogens (tertiary/aromatic N) is 1. The van der Waals surface area contributed by atoms with Crippen molar-refractivity contribution in [3.05, 3.63) is 127 Å². The van der Waals surface area contributed by atoms with Crippen molar-refractivity contribution in [3.63, 3.8) is 0 Å². The molecule has 0 aliphatic rings. The van der Waals surface area contributed by atoms with Crippen molar-refractivity contribution in [2.24, 2.45) is 0 Å². The van der Waals surface area contributed by atoms with Crippen molar-refractivity contribution in [1.82, 2.24) is 9.88 Å². The Morgan fingerprint density at radius 2 is 1.48 bits per heavy atom. The van der Waals surface area contributed by atoms with Crippen molar-refractivity contribution in [2.45, 2.75) is 20.0 Å². The van der Waals surface area contributed by atoms with E-state index in [-0.39, 0.29) is 28.9 Å². The molecule has 0 atom stereocenters. The summed E-state index contributed by atoms with van der Waals surface area (Å²) in [7, 11) is 0. The van der Waals surface area contributed by atoms with Crippen LogP contribution >= 0.6 is 11.3 Å². The number of nitrogens with one attached hydrogen (secondary N) is 1. The smallest absolute Gasteiger partial charge is 0.308 e. The molecule has 33 heavy (non-hydrogen) atoms. The van der Waals surface area contributed by atoms with Gasteiger partial charge in [-0.3, -0.25) is 19.0 Å². The van der Waals surface area contributed by atoms with Gasteiger partial charge in [-0.15, -0.1) is 0 Å². The second-order valence-electron chi connectivity index (χ2n) is 7.57. The number of carbonyl (C=O) groups is 2. The monoisotopic (exact) mass is 460 g/mol. The van der Waals surface area contributed by atoms with Crippen LogP contribution in [0.5, 0.6) is 0 Å². The van der Waals surface area contributed by atoms with Crippen LogP contribution in [0.3, 0.4) is 0 Å². The molecule has 0 fully saturated rings. The van der Waals surface area contributed by atoms with Crippen LogP contribution in [0.25, 0.3) is 0 Å². The van der Waals surface area contributed by atoms with Gasteiger partial charge in [-0.2, -0.15) is 0 Å². The molecule has 0 saturated carbocycles. The predicted molar refractivity (Wildman–Crippen MR) is 126 cm³/mol. The Kier molecular flexibility index (Phi) is 6.60. The molecule has 0 aliphatic carbocycles. The number of halogens is 1. The molecule has 1 N–H and O–H groups in total. The molecule has 166 valence electrons. The number of hydrogen-bond donors (Lipinski definition) is 1. The maximum absolute atomic E-state index is 13.0. The fourth-order valence-corrected chi connectivity index (χ4v) is 4.34. The van der Waals surface area contributed by atoms with Gasteiger partial charge in [0.2, 0.25) is 0 Å². The fraction of sp³-hybridized carbons (Fsp3) is 0.115. The standard InChI is InChI=1S/C26H21FN2O3S/c1-17-24(25(31)28-15-18-9-13-22(27)14-10-18)33-26(32)29(17)16-19-7-11-21(12-8-19)23(30)20-5-3-2-4-6-20/h2-14H,15-16H2,1H3,(H,28,31). The minimum Gasteiger partial charge on any atom is -0.347 e. The van der Waals surface area contributed by atoms with Crippen LogP contribution in [0.4, 0.5) is 4.39 Å². The first kappa shape index (κ1) is 22.4. The number of thiazole rings is 1. The zero-order chi connectivity index (χ0) is 23.4. The quantitative estimate of drug-likeness (QED) is 0.411. The number of ketones is 1. The molecular formula is C26H21FN2O3S. The zero-order valence-corrected chi connectivity index (χ0v) is 18.7. The highest BCUT2D eigenvalue weighted by Crippen LogP contribution is 2.16. The van der Waals surface area contributed by atoms with Crippen molar-refractivity contribution >= 4 is 23.0 Å². The van der Waals surface area contributed by atoms with Gasteiger partial charge in [0, 0.05) is 23.4 Å². The van der Waals surface area contributed by atoms with Crippen LogP contribution in [-0.2, 0) is 13.1 Å². The number of amides is 1. The SMILES string of the molecule is Cc1c(C(=O)NCc2ccc(F)cc2)sc(=O)n1Cc1ccc(C(=O)c2ccccc2)cc1. The minimum absolute atomic E-state index is 0.0638. The van der Waals surface area contributed by atoms with Crippen LogP contribution in [0.2, 0.25) is 0 Å². The third kappa shape index (κ3) is 5.15. The Labute approximate surface area is 194 Å². The van der Waals surface area contributed by atoms with Gasteiger partial charge >= 0.3 is 4.87 Å². The van der Waals surface area contributed by atoms with Crippen molar-refractivity contribution in [3.8, 4) is 0 Å². The van der Waals surface area contributed by atoms with Crippen LogP contribution in [0.15, 0.2) is 83.7 Å². The molecule has 0 spiro atoms. The highest BCUT2D eigenvalue weighted by atomic mass is 32.1. The van der Waals surface area contributed by atoms with E-state index in [0.717, 1.165) is 22.5 Å². The summed E-state index contributed by atoms with van der Waals surface area (Å²) in [5.74, 6) is -0.749. The summed E-state index contributed by atoms with van der Waals surface area (Å²) in [6, 6.07) is 22.0. The number of aromatic nitrogens is 1. The molecule has 0 unspecified atom stereocenters. The summed E-state index contributed by atoms with van der Waals surface area (Å²) in [5, 5.41) is 2.77. The molecule has 1 amide bonds. The molecule has 0 saturated heterocycles. The van der Waals surface area contributed by atoms with E-state index in [0.29, 0.717) is 28.2 Å². The van der Waals surface area contributed by atoms with E-state index in [1.165, 1.54) is 12.1 Å². The maximum atomic E-state index is 13.0. The summed E-state index contributed by atoms with van der Waals surface area (Å²) in [6.07, 6.45) is 0. The van der Waals surface area contributed by atoms with E-state index in [4.69, 9.17) is 0 Å². The molecule has 0 radical (unpaired) electrons. The van der Waals surface area contributed by atoms with Crippen LogP contribution in [0, 0.1) is 12.7 Å². The van der Waals surface area contributed by atoms with E-state index in [9.17, 15) is 18.8 Å². The van der Waals surface area contributed by atoms with E-state index in [2.05, 4.69) is 5.32 Å². The van der Waals surface area contributed by atoms with Gasteiger partial charge in [-0.05, 0) is 30.2 Å². The number of rotatable bonds is 7. The average molecular weight is 461 g/mol. The first-order valence-corrected chi connectivity index (χ1v) is 11.2. The van der Waals surface area contributed by atoms with E-state index >= 15 is 0 Å². The van der Waals surface area contributed by atoms with Gasteiger partial charge in [-0.25, -0.2) is 4.39 Å². The third-order valence-electron chi connectivity index (χ3n) is 5.31. The lowest BCUT2D eigenvalue weighted by atomic mass is 10.0. The molecular weight excluding hydrogens is 439 g/mol. The summed E-state index contributed by atoms with van der Waals surface area (Å²) in [6.45, 7) is 2.27. The third-order valence-corrected chi connectivity index (χ3v) is 6.39. The lowest BCUT2D eigenvalue weighted by Crippen LogP contribution is -2.23. The summed E-state index contributed by atoms with van der Waals surface area (Å²) in [4.78, 5) is 37.8. The number of carbonyl (C=O) groups excluding carboxylic acids is 2. The fourth-order valence-electron chi connectivity index (χ4n) is 3.43. The lowest BCUT2D eigenvalue weighted by molar-refractivity contribution is 0.0953. The number of benzene rings is 3. The Morgan fingerprint density at radius 3 is 2.15 bits per heavy atom. The van der Waals surface area contributed by atoms with Gasteiger partial charge in [0.05, 0.1) is 6.54 Å². The molecule has 5 nitrogen and oxygen atoms in total. The Balaban J connectivity index is 1.45. The minimum atomic E-state index is -0.346. The Hall–Kier alpha value is -3.84. The maximum Gasteiger partial charge on any atom is 0.308 e. The molecule has 0 aliphatic heterocycles. The van der Waals surface area contributed by atoms with Crippen molar-refractivity contribution in [1.29, 1.82) is 0 Å². The normalized spacial score (nSPS) is 10.7. The van der Waals surface area contributed by atoms with Crippen LogP contribution < -0.4 is 10.2 Å². The second kappa shape index (κ2) is 9.75. The molecule has 0 bridgehead atoms. The van der Waals surface area contributed by atoms with Crippen LogP contribution in [-0.4, -0.2) is 16.3 Å². The summed E-state index contributed by atoms with van der Waals surface area (Å²) in [5.41, 5.74) is 3.37. The van der Waals surface area contributed by atoms with E-state index in [1.54, 1.807) is 47.9 Å². The molecule has 1 heterocycles. The van der Waals surface area contributed by atoms with Gasteiger partial charge in [0.15, 0.2) is 5.78 Å². The predicted octanol–water partition coefficient (Wildman–Crippen LogP) is 4.57. The molecule has 4 aromatic rings. The molecule has 7 heteroatoms. The molecule has 3 aromatic carbocycles. The van der Waals surface area contributed by atoms with Gasteiger partial charge in [0.1, 0.15) is 10.7 Å². The van der Waals surface area contributed by atoms with Crippen molar-refractivity contribution in [2.75, 3.05) is 0 Å². The van der Waals surface area contributed by atoms with Gasteiger partial charge in [0.25, 0.3) is 5.91 Å². The summed E-state index contributed by atoms with van der Waals surface area (Å²) < 4.78 is 14.6. The second-order valence-corrected chi connectivity index (χ2v) is 8.53. The average Bonchev–Trinajstić information content (AvgIpc) is 3.12. The first-order chi connectivity index (χ1) is 15.9. The van der Waals surface area contributed by atoms with Crippen LogP contribution in [0.1, 0.15) is 42.4 Å². The highest BCUT2D eigenvalue weighted by Gasteiger charge is 2.18. The Morgan fingerprint density at radius 1 is 0.879 bits per heavy atom. The zero-order valence-electron chi connectivity index (χ0n) is 17.9. The van der Waals surface area contributed by atoms with Gasteiger partial charge < -0.3 is 5.32 Å². The lowest BCUT2D eigenvalue weighted by Gasteiger charge is -2.08. The van der Waals surface area contributed by atoms with E-state index in [1.807, 2.05) is 30.3 Å². The topological polar surface area (TPSA) is 68.2 Å². The van der Waals surface area contributed by atoms with Crippen molar-refractivity contribution < 1.29 is 14.0 Å². The largest absolute Gasteiger partial charge is 0.347 e.